The zero-order chi connectivity index (χ0) is 15.7. The molecule has 3 nitrogen and oxygen atoms in total. The summed E-state index contributed by atoms with van der Waals surface area (Å²) in [5, 5.41) is 9.44. The molecular weight excluding hydrogens is 284 g/mol. The molecule has 1 unspecified atom stereocenters. The Labute approximate surface area is 132 Å². The van der Waals surface area contributed by atoms with Crippen molar-refractivity contribution in [1.29, 1.82) is 0 Å². The molecule has 118 valence electrons. The molecule has 0 heterocycles. The van der Waals surface area contributed by atoms with E-state index in [2.05, 4.69) is 13.8 Å². The summed E-state index contributed by atoms with van der Waals surface area (Å²) in [5.74, 6) is 0.922. The van der Waals surface area contributed by atoms with Gasteiger partial charge in [0.2, 0.25) is 0 Å². The van der Waals surface area contributed by atoms with Gasteiger partial charge in [0.15, 0.2) is 0 Å². The average molecular weight is 310 g/mol. The second-order valence-corrected chi connectivity index (χ2v) is 6.40. The molecule has 0 saturated heterocycles. The van der Waals surface area contributed by atoms with Crippen LogP contribution in [0, 0.1) is 5.92 Å². The van der Waals surface area contributed by atoms with E-state index in [-0.39, 0.29) is 0 Å². The van der Waals surface area contributed by atoms with Gasteiger partial charge in [-0.2, -0.15) is 0 Å². The highest BCUT2D eigenvalue weighted by Crippen LogP contribution is 2.30. The van der Waals surface area contributed by atoms with E-state index in [0.29, 0.717) is 23.8 Å². The number of carbonyl (C=O) groups is 1. The van der Waals surface area contributed by atoms with Gasteiger partial charge in [-0.15, -0.1) is 11.8 Å². The third-order valence-electron chi connectivity index (χ3n) is 3.52. The largest absolute Gasteiger partial charge is 0.492 e. The predicted octanol–water partition coefficient (Wildman–Crippen LogP) is 5.09. The van der Waals surface area contributed by atoms with Gasteiger partial charge in [-0.3, -0.25) is 0 Å². The van der Waals surface area contributed by atoms with Crippen molar-refractivity contribution in [3.05, 3.63) is 23.8 Å². The summed E-state index contributed by atoms with van der Waals surface area (Å²) in [6, 6.07) is 5.47. The number of aromatic carboxylic acids is 1. The molecule has 1 atom stereocenters. The van der Waals surface area contributed by atoms with Crippen LogP contribution in [0.3, 0.4) is 0 Å². The summed E-state index contributed by atoms with van der Waals surface area (Å²) >= 11 is 1.54. The Bertz CT molecular complexity index is 446. The molecular formula is C17H26O3S. The predicted molar refractivity (Wildman–Crippen MR) is 88.6 cm³/mol. The van der Waals surface area contributed by atoms with E-state index in [4.69, 9.17) is 4.74 Å². The smallest absolute Gasteiger partial charge is 0.340 e. The minimum atomic E-state index is -0.914. The van der Waals surface area contributed by atoms with Gasteiger partial charge in [0, 0.05) is 4.90 Å². The average Bonchev–Trinajstić information content (AvgIpc) is 2.47. The van der Waals surface area contributed by atoms with Gasteiger partial charge in [-0.25, -0.2) is 4.79 Å². The summed E-state index contributed by atoms with van der Waals surface area (Å²) in [7, 11) is 0. The van der Waals surface area contributed by atoms with Gasteiger partial charge in [-0.05, 0) is 30.2 Å². The molecule has 0 amide bonds. The van der Waals surface area contributed by atoms with Crippen LogP contribution in [0.5, 0.6) is 5.75 Å². The number of benzene rings is 1. The minimum Gasteiger partial charge on any atom is -0.492 e. The highest BCUT2D eigenvalue weighted by molar-refractivity contribution is 7.99. The van der Waals surface area contributed by atoms with Crippen LogP contribution >= 0.6 is 11.8 Å². The topological polar surface area (TPSA) is 46.5 Å². The molecule has 0 radical (unpaired) electrons. The number of carboxylic acids is 1. The van der Waals surface area contributed by atoms with Gasteiger partial charge in [0.1, 0.15) is 11.3 Å². The van der Waals surface area contributed by atoms with Gasteiger partial charge in [0.25, 0.3) is 0 Å². The number of ether oxygens (including phenoxy) is 1. The number of rotatable bonds is 10. The zero-order valence-electron chi connectivity index (χ0n) is 13.2. The van der Waals surface area contributed by atoms with Gasteiger partial charge >= 0.3 is 5.97 Å². The lowest BCUT2D eigenvalue weighted by molar-refractivity contribution is 0.0687. The molecule has 1 aromatic rings. The molecule has 0 saturated carbocycles. The first-order valence-corrected chi connectivity index (χ1v) is 8.74. The van der Waals surface area contributed by atoms with Gasteiger partial charge in [0.05, 0.1) is 6.61 Å². The third kappa shape index (κ3) is 5.62. The molecule has 0 aliphatic heterocycles. The lowest BCUT2D eigenvalue weighted by atomic mass is 10.0. The van der Waals surface area contributed by atoms with E-state index in [9.17, 15) is 9.90 Å². The van der Waals surface area contributed by atoms with E-state index in [0.717, 1.165) is 23.5 Å². The fourth-order valence-electron chi connectivity index (χ4n) is 2.22. The number of hydrogen-bond donors (Lipinski definition) is 1. The molecule has 1 aromatic carbocycles. The second kappa shape index (κ2) is 9.72. The van der Waals surface area contributed by atoms with Crippen LogP contribution in [0.15, 0.2) is 23.1 Å². The first-order chi connectivity index (χ1) is 10.1. The quantitative estimate of drug-likeness (QED) is 0.611. The molecule has 0 fully saturated rings. The Kier molecular flexibility index (Phi) is 8.28. The molecule has 1 N–H and O–H groups in total. The van der Waals surface area contributed by atoms with Crippen molar-refractivity contribution >= 4 is 17.7 Å². The first kappa shape index (κ1) is 17.9. The molecule has 0 bridgehead atoms. The van der Waals surface area contributed by atoms with Crippen LogP contribution in [-0.4, -0.2) is 23.4 Å². The van der Waals surface area contributed by atoms with Crippen molar-refractivity contribution in [2.24, 2.45) is 5.92 Å². The molecule has 1 rings (SSSR count). The van der Waals surface area contributed by atoms with Gasteiger partial charge in [-0.1, -0.05) is 46.1 Å². The zero-order valence-corrected chi connectivity index (χ0v) is 14.0. The third-order valence-corrected chi connectivity index (χ3v) is 4.46. The molecule has 21 heavy (non-hydrogen) atoms. The van der Waals surface area contributed by atoms with Gasteiger partial charge < -0.3 is 9.84 Å². The Morgan fingerprint density at radius 1 is 1.33 bits per heavy atom. The standard InChI is InChI=1S/C17H26O3S/c1-4-7-9-13(5-2)12-20-14-10-8-11-15(21-6-3)16(14)17(18)19/h8,10-11,13H,4-7,9,12H2,1-3H3,(H,18,19). The Balaban J connectivity index is 2.82. The fourth-order valence-corrected chi connectivity index (χ4v) is 3.04. The van der Waals surface area contributed by atoms with E-state index in [1.807, 2.05) is 19.1 Å². The maximum absolute atomic E-state index is 11.5. The van der Waals surface area contributed by atoms with Crippen molar-refractivity contribution < 1.29 is 14.6 Å². The van der Waals surface area contributed by atoms with Crippen molar-refractivity contribution in [3.63, 3.8) is 0 Å². The summed E-state index contributed by atoms with van der Waals surface area (Å²) in [4.78, 5) is 12.3. The van der Waals surface area contributed by atoms with Crippen LogP contribution in [-0.2, 0) is 0 Å². The normalized spacial score (nSPS) is 12.1. The van der Waals surface area contributed by atoms with Crippen molar-refractivity contribution in [2.75, 3.05) is 12.4 Å². The Morgan fingerprint density at radius 3 is 2.67 bits per heavy atom. The Hall–Kier alpha value is -1.16. The monoisotopic (exact) mass is 310 g/mol. The molecule has 0 aliphatic carbocycles. The van der Waals surface area contributed by atoms with E-state index >= 15 is 0 Å². The van der Waals surface area contributed by atoms with Crippen LogP contribution in [0.1, 0.15) is 56.8 Å². The first-order valence-electron chi connectivity index (χ1n) is 7.75. The number of hydrogen-bond acceptors (Lipinski definition) is 3. The number of unbranched alkanes of at least 4 members (excludes halogenated alkanes) is 1. The van der Waals surface area contributed by atoms with Crippen LogP contribution < -0.4 is 4.74 Å². The highest BCUT2D eigenvalue weighted by atomic mass is 32.2. The van der Waals surface area contributed by atoms with E-state index in [1.165, 1.54) is 24.6 Å². The molecule has 4 heteroatoms. The lowest BCUT2D eigenvalue weighted by Gasteiger charge is -2.17. The molecule has 0 aliphatic rings. The minimum absolute atomic E-state index is 0.301. The van der Waals surface area contributed by atoms with E-state index in [1.54, 1.807) is 6.07 Å². The maximum atomic E-state index is 11.5. The van der Waals surface area contributed by atoms with Crippen molar-refractivity contribution in [2.45, 2.75) is 51.3 Å². The number of thioether (sulfide) groups is 1. The summed E-state index contributed by atoms with van der Waals surface area (Å²) < 4.78 is 5.84. The van der Waals surface area contributed by atoms with Crippen LogP contribution in [0.2, 0.25) is 0 Å². The van der Waals surface area contributed by atoms with Crippen molar-refractivity contribution in [3.8, 4) is 5.75 Å². The summed E-state index contributed by atoms with van der Waals surface area (Å²) in [5.41, 5.74) is 0.301. The lowest BCUT2D eigenvalue weighted by Crippen LogP contribution is -2.13. The SMILES string of the molecule is CCCCC(CC)COc1cccc(SCC)c1C(=O)O. The highest BCUT2D eigenvalue weighted by Gasteiger charge is 2.17. The summed E-state index contributed by atoms with van der Waals surface area (Å²) in [6.07, 6.45) is 4.57. The number of carboxylic acid groups (broad SMARTS) is 1. The van der Waals surface area contributed by atoms with Crippen molar-refractivity contribution in [1.82, 2.24) is 0 Å². The molecule has 0 spiro atoms. The maximum Gasteiger partial charge on any atom is 0.340 e. The van der Waals surface area contributed by atoms with E-state index < -0.39 is 5.97 Å². The van der Waals surface area contributed by atoms with Crippen LogP contribution in [0.25, 0.3) is 0 Å². The fraction of sp³-hybridized carbons (Fsp3) is 0.588. The second-order valence-electron chi connectivity index (χ2n) is 5.09. The Morgan fingerprint density at radius 2 is 2.10 bits per heavy atom. The summed E-state index contributed by atoms with van der Waals surface area (Å²) in [6.45, 7) is 6.95. The molecule has 0 aromatic heterocycles. The van der Waals surface area contributed by atoms with Crippen LogP contribution in [0.4, 0.5) is 0 Å².